The number of hydrogen-bond acceptors (Lipinski definition) is 4. The molecule has 0 saturated heterocycles. The molecule has 5 nitrogen and oxygen atoms in total. The van der Waals surface area contributed by atoms with Crippen molar-refractivity contribution in [1.82, 2.24) is 0 Å². The molecule has 0 fully saturated rings. The summed E-state index contributed by atoms with van der Waals surface area (Å²) in [6.45, 7) is 0. The Labute approximate surface area is 91.3 Å². The summed E-state index contributed by atoms with van der Waals surface area (Å²) < 4.78 is 18.3. The fourth-order valence-corrected chi connectivity index (χ4v) is 1.26. The molecule has 1 aromatic carbocycles. The number of carbonyl (C=O) groups is 1. The molecule has 0 bridgehead atoms. The maximum atomic E-state index is 13.6. The van der Waals surface area contributed by atoms with Gasteiger partial charge in [0.1, 0.15) is 6.04 Å². The molecule has 0 unspecified atom stereocenters. The third-order valence-corrected chi connectivity index (χ3v) is 2.12. The standard InChI is InChI=1S/C10H12FNO4/c1-16-9-7(13)3-2-5(8(9)11)4-6(12)10(14)15/h2-3,6,13H,4,12H2,1H3,(H,14,15)/t6-/m0/s1. The summed E-state index contributed by atoms with van der Waals surface area (Å²) >= 11 is 0. The lowest BCUT2D eigenvalue weighted by Crippen LogP contribution is -2.32. The van der Waals surface area contributed by atoms with E-state index < -0.39 is 17.8 Å². The van der Waals surface area contributed by atoms with Crippen LogP contribution >= 0.6 is 0 Å². The first kappa shape index (κ1) is 12.3. The molecular formula is C10H12FNO4. The largest absolute Gasteiger partial charge is 0.504 e. The zero-order valence-corrected chi connectivity index (χ0v) is 8.61. The average Bonchev–Trinajstić information content (AvgIpc) is 2.22. The molecule has 0 heterocycles. The zero-order valence-electron chi connectivity index (χ0n) is 8.61. The lowest BCUT2D eigenvalue weighted by Gasteiger charge is -2.11. The molecule has 1 atom stereocenters. The number of phenolic OH excluding ortho intramolecular Hbond substituents is 1. The number of rotatable bonds is 4. The van der Waals surface area contributed by atoms with Crippen LogP contribution in [0.1, 0.15) is 5.56 Å². The highest BCUT2D eigenvalue weighted by Gasteiger charge is 2.18. The SMILES string of the molecule is COc1c(O)ccc(C[C@H](N)C(=O)O)c1F. The maximum Gasteiger partial charge on any atom is 0.320 e. The highest BCUT2D eigenvalue weighted by molar-refractivity contribution is 5.73. The van der Waals surface area contributed by atoms with Crippen molar-refractivity contribution in [3.8, 4) is 11.5 Å². The van der Waals surface area contributed by atoms with Gasteiger partial charge in [0.05, 0.1) is 7.11 Å². The van der Waals surface area contributed by atoms with Gasteiger partial charge in [0, 0.05) is 6.42 Å². The van der Waals surface area contributed by atoms with Gasteiger partial charge in [-0.1, -0.05) is 6.07 Å². The molecule has 0 aromatic heterocycles. The van der Waals surface area contributed by atoms with Gasteiger partial charge in [0.15, 0.2) is 17.3 Å². The number of carboxylic acids is 1. The molecule has 1 aromatic rings. The quantitative estimate of drug-likeness (QED) is 0.698. The van der Waals surface area contributed by atoms with E-state index in [-0.39, 0.29) is 23.5 Å². The molecule has 0 amide bonds. The van der Waals surface area contributed by atoms with Crippen LogP contribution in [-0.2, 0) is 11.2 Å². The summed E-state index contributed by atoms with van der Waals surface area (Å²) in [6.07, 6.45) is -0.169. The molecule has 1 rings (SSSR count). The summed E-state index contributed by atoms with van der Waals surface area (Å²) in [5.41, 5.74) is 5.36. The first-order chi connectivity index (χ1) is 7.47. The van der Waals surface area contributed by atoms with E-state index in [1.807, 2.05) is 0 Å². The molecule has 0 aliphatic heterocycles. The van der Waals surface area contributed by atoms with E-state index >= 15 is 0 Å². The van der Waals surface area contributed by atoms with Crippen LogP contribution in [0.25, 0.3) is 0 Å². The minimum absolute atomic E-state index is 0.0875. The van der Waals surface area contributed by atoms with Crippen LogP contribution < -0.4 is 10.5 Å². The number of aromatic hydroxyl groups is 1. The number of ether oxygens (including phenoxy) is 1. The third-order valence-electron chi connectivity index (χ3n) is 2.12. The predicted molar refractivity (Wildman–Crippen MR) is 53.9 cm³/mol. The second-order valence-electron chi connectivity index (χ2n) is 3.24. The van der Waals surface area contributed by atoms with Crippen LogP contribution in [0, 0.1) is 5.82 Å². The molecule has 0 spiro atoms. The van der Waals surface area contributed by atoms with Crippen molar-refractivity contribution >= 4 is 5.97 Å². The topological polar surface area (TPSA) is 92.8 Å². The minimum Gasteiger partial charge on any atom is -0.504 e. The highest BCUT2D eigenvalue weighted by atomic mass is 19.1. The Balaban J connectivity index is 3.02. The number of benzene rings is 1. The van der Waals surface area contributed by atoms with Crippen LogP contribution in [0.2, 0.25) is 0 Å². The molecule has 0 saturated carbocycles. The Morgan fingerprint density at radius 2 is 2.25 bits per heavy atom. The molecule has 0 radical (unpaired) electrons. The third kappa shape index (κ3) is 2.40. The number of nitrogens with two attached hydrogens (primary N) is 1. The van der Waals surface area contributed by atoms with Crippen LogP contribution in [-0.4, -0.2) is 29.3 Å². The summed E-state index contributed by atoms with van der Waals surface area (Å²) in [5, 5.41) is 17.8. The van der Waals surface area contributed by atoms with E-state index in [0.717, 1.165) is 0 Å². The van der Waals surface area contributed by atoms with Crippen molar-refractivity contribution < 1.29 is 24.1 Å². The predicted octanol–water partition coefficient (Wildman–Crippen LogP) is 0.494. The Morgan fingerprint density at radius 3 is 2.75 bits per heavy atom. The van der Waals surface area contributed by atoms with Crippen molar-refractivity contribution in [2.75, 3.05) is 7.11 Å². The monoisotopic (exact) mass is 229 g/mol. The zero-order chi connectivity index (χ0) is 12.3. The van der Waals surface area contributed by atoms with Crippen LogP contribution in [0.3, 0.4) is 0 Å². The second-order valence-corrected chi connectivity index (χ2v) is 3.24. The number of hydrogen-bond donors (Lipinski definition) is 3. The van der Waals surface area contributed by atoms with Crippen molar-refractivity contribution in [1.29, 1.82) is 0 Å². The average molecular weight is 229 g/mol. The molecule has 0 aliphatic carbocycles. The van der Waals surface area contributed by atoms with Crippen molar-refractivity contribution in [2.24, 2.45) is 5.73 Å². The molecular weight excluding hydrogens is 217 g/mol. The summed E-state index contributed by atoms with van der Waals surface area (Å²) in [7, 11) is 1.21. The van der Waals surface area contributed by atoms with Crippen LogP contribution in [0.5, 0.6) is 11.5 Å². The van der Waals surface area contributed by atoms with Gasteiger partial charge in [0.2, 0.25) is 0 Å². The van der Waals surface area contributed by atoms with Crippen molar-refractivity contribution in [3.63, 3.8) is 0 Å². The first-order valence-corrected chi connectivity index (χ1v) is 4.50. The van der Waals surface area contributed by atoms with Gasteiger partial charge in [-0.25, -0.2) is 4.39 Å². The van der Waals surface area contributed by atoms with E-state index in [1.165, 1.54) is 19.2 Å². The Bertz CT molecular complexity index is 408. The molecule has 88 valence electrons. The van der Waals surface area contributed by atoms with Crippen molar-refractivity contribution in [3.05, 3.63) is 23.5 Å². The van der Waals surface area contributed by atoms with Crippen molar-refractivity contribution in [2.45, 2.75) is 12.5 Å². The Kier molecular flexibility index (Phi) is 3.68. The minimum atomic E-state index is -1.22. The van der Waals surface area contributed by atoms with Gasteiger partial charge < -0.3 is 20.7 Å². The molecule has 6 heteroatoms. The fourth-order valence-electron chi connectivity index (χ4n) is 1.26. The van der Waals surface area contributed by atoms with E-state index in [9.17, 15) is 14.3 Å². The number of carboxylic acid groups (broad SMARTS) is 1. The number of phenols is 1. The normalized spacial score (nSPS) is 12.2. The summed E-state index contributed by atoms with van der Waals surface area (Å²) in [4.78, 5) is 10.5. The first-order valence-electron chi connectivity index (χ1n) is 4.50. The Hall–Kier alpha value is -1.82. The molecule has 4 N–H and O–H groups in total. The Morgan fingerprint density at radius 1 is 1.62 bits per heavy atom. The number of halogens is 1. The van der Waals surface area contributed by atoms with Gasteiger partial charge in [-0.3, -0.25) is 4.79 Å². The molecule has 0 aliphatic rings. The van der Waals surface area contributed by atoms with Crippen LogP contribution in [0.4, 0.5) is 4.39 Å². The highest BCUT2D eigenvalue weighted by Crippen LogP contribution is 2.31. The number of aliphatic carboxylic acids is 1. The van der Waals surface area contributed by atoms with Gasteiger partial charge in [-0.15, -0.1) is 0 Å². The maximum absolute atomic E-state index is 13.6. The van der Waals surface area contributed by atoms with Gasteiger partial charge in [0.25, 0.3) is 0 Å². The van der Waals surface area contributed by atoms with Gasteiger partial charge in [-0.2, -0.15) is 0 Å². The molecule has 16 heavy (non-hydrogen) atoms. The second kappa shape index (κ2) is 4.80. The lowest BCUT2D eigenvalue weighted by atomic mass is 10.1. The van der Waals surface area contributed by atoms with Crippen LogP contribution in [0.15, 0.2) is 12.1 Å². The fraction of sp³-hybridized carbons (Fsp3) is 0.300. The van der Waals surface area contributed by atoms with E-state index in [0.29, 0.717) is 0 Å². The number of methoxy groups -OCH3 is 1. The lowest BCUT2D eigenvalue weighted by molar-refractivity contribution is -0.138. The summed E-state index contributed by atoms with van der Waals surface area (Å²) in [5.74, 6) is -2.66. The van der Waals surface area contributed by atoms with Gasteiger partial charge in [-0.05, 0) is 11.6 Å². The summed E-state index contributed by atoms with van der Waals surface area (Å²) in [6, 6.07) is 1.31. The van der Waals surface area contributed by atoms with Gasteiger partial charge >= 0.3 is 5.97 Å². The van der Waals surface area contributed by atoms with E-state index in [4.69, 9.17) is 10.8 Å². The van der Waals surface area contributed by atoms with E-state index in [2.05, 4.69) is 4.74 Å². The van der Waals surface area contributed by atoms with E-state index in [1.54, 1.807) is 0 Å². The smallest absolute Gasteiger partial charge is 0.320 e.